The molecule has 0 fully saturated rings. The summed E-state index contributed by atoms with van der Waals surface area (Å²) in [5.74, 6) is 0.270. The highest BCUT2D eigenvalue weighted by atomic mass is 16.5. The molecule has 0 atom stereocenters. The molecule has 0 radical (unpaired) electrons. The molecule has 0 unspecified atom stereocenters. The normalized spacial score (nSPS) is 10.0. The molecule has 0 aliphatic carbocycles. The van der Waals surface area contributed by atoms with Crippen LogP contribution in [0, 0.1) is 6.92 Å². The number of nitrogens with one attached hydrogen (secondary N) is 1. The molecule has 0 heterocycles. The van der Waals surface area contributed by atoms with Crippen molar-refractivity contribution in [3.63, 3.8) is 0 Å². The number of amides is 1. The molecule has 2 aromatic rings. The molecule has 0 saturated carbocycles. The summed E-state index contributed by atoms with van der Waals surface area (Å²) < 4.78 is 5.08. The lowest BCUT2D eigenvalue weighted by molar-refractivity contribution is 0.102. The molecular formula is C15H15NO3. The minimum atomic E-state index is -0.352. The number of aryl methyl sites for hydroxylation is 1. The highest BCUT2D eigenvalue weighted by Gasteiger charge is 2.11. The Morgan fingerprint density at radius 1 is 1.21 bits per heavy atom. The van der Waals surface area contributed by atoms with Crippen LogP contribution < -0.4 is 10.1 Å². The van der Waals surface area contributed by atoms with Gasteiger partial charge in [-0.3, -0.25) is 4.79 Å². The van der Waals surface area contributed by atoms with Crippen LogP contribution in [0.4, 0.5) is 5.69 Å². The van der Waals surface area contributed by atoms with Crippen molar-refractivity contribution >= 4 is 11.6 Å². The molecule has 0 aromatic heterocycles. The Hall–Kier alpha value is -2.49. The highest BCUT2D eigenvalue weighted by Crippen LogP contribution is 2.21. The Kier molecular flexibility index (Phi) is 3.71. The third-order valence-electron chi connectivity index (χ3n) is 2.72. The highest BCUT2D eigenvalue weighted by molar-refractivity contribution is 6.06. The van der Waals surface area contributed by atoms with Gasteiger partial charge in [0, 0.05) is 11.8 Å². The number of rotatable bonds is 3. The molecule has 1 amide bonds. The van der Waals surface area contributed by atoms with Gasteiger partial charge in [0.15, 0.2) is 0 Å². The fourth-order valence-electron chi connectivity index (χ4n) is 1.73. The quantitative estimate of drug-likeness (QED) is 0.888. The summed E-state index contributed by atoms with van der Waals surface area (Å²) in [6.45, 7) is 1.86. The topological polar surface area (TPSA) is 58.6 Å². The zero-order valence-electron chi connectivity index (χ0n) is 10.8. The Morgan fingerprint density at radius 3 is 2.74 bits per heavy atom. The predicted molar refractivity (Wildman–Crippen MR) is 73.8 cm³/mol. The van der Waals surface area contributed by atoms with E-state index in [9.17, 15) is 9.90 Å². The average molecular weight is 257 g/mol. The zero-order chi connectivity index (χ0) is 13.8. The van der Waals surface area contributed by atoms with Crippen molar-refractivity contribution in [2.45, 2.75) is 6.92 Å². The summed E-state index contributed by atoms with van der Waals surface area (Å²) in [7, 11) is 1.56. The summed E-state index contributed by atoms with van der Waals surface area (Å²) >= 11 is 0. The number of phenolic OH excluding ortho intramolecular Hbond substituents is 1. The van der Waals surface area contributed by atoms with Gasteiger partial charge >= 0.3 is 0 Å². The lowest BCUT2D eigenvalue weighted by atomic mass is 10.1. The van der Waals surface area contributed by atoms with Crippen molar-refractivity contribution in [1.82, 2.24) is 0 Å². The van der Waals surface area contributed by atoms with E-state index in [2.05, 4.69) is 5.32 Å². The predicted octanol–water partition coefficient (Wildman–Crippen LogP) is 2.96. The van der Waals surface area contributed by atoms with Crippen molar-refractivity contribution < 1.29 is 14.6 Å². The standard InChI is InChI=1S/C15H15NO3/c1-10-6-7-14(17)13(8-10)15(18)16-11-4-3-5-12(9-11)19-2/h3-9,17H,1-2H3,(H,16,18). The van der Waals surface area contributed by atoms with Crippen LogP contribution >= 0.6 is 0 Å². The van der Waals surface area contributed by atoms with Crippen molar-refractivity contribution in [3.05, 3.63) is 53.6 Å². The van der Waals surface area contributed by atoms with E-state index in [1.807, 2.05) is 6.92 Å². The molecule has 19 heavy (non-hydrogen) atoms. The lowest BCUT2D eigenvalue weighted by Crippen LogP contribution is -2.12. The van der Waals surface area contributed by atoms with Gasteiger partial charge in [-0.25, -0.2) is 0 Å². The summed E-state index contributed by atoms with van der Waals surface area (Å²) in [6, 6.07) is 11.9. The summed E-state index contributed by atoms with van der Waals surface area (Å²) in [4.78, 5) is 12.1. The molecule has 0 aliphatic rings. The molecule has 0 aliphatic heterocycles. The number of carbonyl (C=O) groups is 1. The SMILES string of the molecule is COc1cccc(NC(=O)c2cc(C)ccc2O)c1. The number of hydrogen-bond donors (Lipinski definition) is 2. The first-order chi connectivity index (χ1) is 9.10. The van der Waals surface area contributed by atoms with Crippen LogP contribution in [0.5, 0.6) is 11.5 Å². The number of carbonyl (C=O) groups excluding carboxylic acids is 1. The molecule has 0 bridgehead atoms. The van der Waals surface area contributed by atoms with Gasteiger partial charge in [0.05, 0.1) is 12.7 Å². The first kappa shape index (κ1) is 13.0. The van der Waals surface area contributed by atoms with Gasteiger partial charge in [-0.1, -0.05) is 17.7 Å². The van der Waals surface area contributed by atoms with E-state index < -0.39 is 0 Å². The molecule has 2 N–H and O–H groups in total. The van der Waals surface area contributed by atoms with Crippen LogP contribution in [0.3, 0.4) is 0 Å². The fraction of sp³-hybridized carbons (Fsp3) is 0.133. The fourth-order valence-corrected chi connectivity index (χ4v) is 1.73. The molecule has 98 valence electrons. The van der Waals surface area contributed by atoms with E-state index >= 15 is 0 Å². The number of anilines is 1. The number of phenols is 1. The molecule has 2 aromatic carbocycles. The minimum absolute atomic E-state index is 0.0361. The Morgan fingerprint density at radius 2 is 2.00 bits per heavy atom. The second-order valence-corrected chi connectivity index (χ2v) is 4.21. The van der Waals surface area contributed by atoms with Gasteiger partial charge in [0.1, 0.15) is 11.5 Å². The van der Waals surface area contributed by atoms with Crippen molar-refractivity contribution in [3.8, 4) is 11.5 Å². The molecular weight excluding hydrogens is 242 g/mol. The summed E-state index contributed by atoms with van der Waals surface area (Å²) in [5, 5.41) is 12.4. The first-order valence-electron chi connectivity index (χ1n) is 5.85. The van der Waals surface area contributed by atoms with Gasteiger partial charge in [0.2, 0.25) is 0 Å². The van der Waals surface area contributed by atoms with Gasteiger partial charge in [0.25, 0.3) is 5.91 Å². The largest absolute Gasteiger partial charge is 0.507 e. The summed E-state index contributed by atoms with van der Waals surface area (Å²) in [5.41, 5.74) is 1.78. The van der Waals surface area contributed by atoms with Crippen molar-refractivity contribution in [2.75, 3.05) is 12.4 Å². The van der Waals surface area contributed by atoms with Gasteiger partial charge < -0.3 is 15.2 Å². The second kappa shape index (κ2) is 5.44. The third-order valence-corrected chi connectivity index (χ3v) is 2.72. The average Bonchev–Trinajstić information content (AvgIpc) is 2.41. The van der Waals surface area contributed by atoms with Crippen LogP contribution in [0.2, 0.25) is 0 Å². The van der Waals surface area contributed by atoms with Crippen molar-refractivity contribution in [1.29, 1.82) is 0 Å². The maximum absolute atomic E-state index is 12.1. The van der Waals surface area contributed by atoms with Gasteiger partial charge in [-0.15, -0.1) is 0 Å². The van der Waals surface area contributed by atoms with Gasteiger partial charge in [-0.2, -0.15) is 0 Å². The number of aromatic hydroxyl groups is 1. The lowest BCUT2D eigenvalue weighted by Gasteiger charge is -2.08. The minimum Gasteiger partial charge on any atom is -0.507 e. The molecule has 0 spiro atoms. The smallest absolute Gasteiger partial charge is 0.259 e. The molecule has 4 heteroatoms. The molecule has 2 rings (SSSR count). The number of ether oxygens (including phenoxy) is 1. The number of hydrogen-bond acceptors (Lipinski definition) is 3. The zero-order valence-corrected chi connectivity index (χ0v) is 10.8. The van der Waals surface area contributed by atoms with Crippen LogP contribution in [-0.4, -0.2) is 18.1 Å². The van der Waals surface area contributed by atoms with E-state index in [1.54, 1.807) is 43.5 Å². The van der Waals surface area contributed by atoms with Crippen LogP contribution in [0.25, 0.3) is 0 Å². The van der Waals surface area contributed by atoms with E-state index in [1.165, 1.54) is 6.07 Å². The Labute approximate surface area is 111 Å². The third kappa shape index (κ3) is 3.04. The first-order valence-corrected chi connectivity index (χ1v) is 5.85. The van der Waals surface area contributed by atoms with E-state index in [-0.39, 0.29) is 17.2 Å². The summed E-state index contributed by atoms with van der Waals surface area (Å²) in [6.07, 6.45) is 0. The Bertz CT molecular complexity index is 608. The number of benzene rings is 2. The van der Waals surface area contributed by atoms with E-state index in [0.717, 1.165) is 5.56 Å². The van der Waals surface area contributed by atoms with Crippen LogP contribution in [-0.2, 0) is 0 Å². The maximum Gasteiger partial charge on any atom is 0.259 e. The Balaban J connectivity index is 2.23. The van der Waals surface area contributed by atoms with Gasteiger partial charge in [-0.05, 0) is 31.2 Å². The van der Waals surface area contributed by atoms with Crippen LogP contribution in [0.15, 0.2) is 42.5 Å². The van der Waals surface area contributed by atoms with E-state index in [0.29, 0.717) is 11.4 Å². The number of methoxy groups -OCH3 is 1. The van der Waals surface area contributed by atoms with E-state index in [4.69, 9.17) is 4.74 Å². The molecule has 4 nitrogen and oxygen atoms in total. The maximum atomic E-state index is 12.1. The molecule has 0 saturated heterocycles. The monoisotopic (exact) mass is 257 g/mol. The van der Waals surface area contributed by atoms with Crippen molar-refractivity contribution in [2.24, 2.45) is 0 Å². The van der Waals surface area contributed by atoms with Crippen LogP contribution in [0.1, 0.15) is 15.9 Å². The second-order valence-electron chi connectivity index (χ2n) is 4.21.